The molecule has 1 N–H and O–H groups in total. The summed E-state index contributed by atoms with van der Waals surface area (Å²) in [4.78, 5) is 8.27. The molecule has 5 nitrogen and oxygen atoms in total. The maximum absolute atomic E-state index is 6.04. The molecule has 1 heterocycles. The van der Waals surface area contributed by atoms with Crippen LogP contribution in [0, 0.1) is 0 Å². The van der Waals surface area contributed by atoms with E-state index in [4.69, 9.17) is 21.1 Å². The zero-order valence-corrected chi connectivity index (χ0v) is 12.1. The first-order valence-corrected chi connectivity index (χ1v) is 6.77. The largest absolute Gasteiger partial charge is 0.494 e. The van der Waals surface area contributed by atoms with Gasteiger partial charge in [-0.05, 0) is 26.0 Å². The lowest BCUT2D eigenvalue weighted by atomic mass is 10.3. The van der Waals surface area contributed by atoms with Gasteiger partial charge in [0.05, 0.1) is 12.8 Å². The Kier molecular flexibility index (Phi) is 5.01. The van der Waals surface area contributed by atoms with Crippen molar-refractivity contribution in [1.29, 1.82) is 0 Å². The van der Waals surface area contributed by atoms with Gasteiger partial charge in [-0.15, -0.1) is 0 Å². The highest BCUT2D eigenvalue weighted by molar-refractivity contribution is 6.31. The van der Waals surface area contributed by atoms with Gasteiger partial charge in [0.1, 0.15) is 16.5 Å². The summed E-state index contributed by atoms with van der Waals surface area (Å²) in [5.41, 5.74) is 0. The molecular weight excluding hydrogens is 278 g/mol. The summed E-state index contributed by atoms with van der Waals surface area (Å²) in [5.74, 6) is 2.14. The molecule has 0 saturated carbocycles. The van der Waals surface area contributed by atoms with E-state index < -0.39 is 0 Å². The van der Waals surface area contributed by atoms with E-state index in [1.165, 1.54) is 6.20 Å². The number of rotatable bonds is 6. The Hall–Kier alpha value is -2.01. The van der Waals surface area contributed by atoms with Crippen molar-refractivity contribution < 1.29 is 9.47 Å². The van der Waals surface area contributed by atoms with Crippen molar-refractivity contribution in [3.8, 4) is 17.4 Å². The van der Waals surface area contributed by atoms with Crippen LogP contribution in [-0.4, -0.2) is 23.1 Å². The quantitative estimate of drug-likeness (QED) is 0.879. The highest BCUT2D eigenvalue weighted by atomic mass is 35.5. The molecular formula is C14H16ClN3O2. The smallest absolute Gasteiger partial charge is 0.243 e. The van der Waals surface area contributed by atoms with E-state index >= 15 is 0 Å². The third kappa shape index (κ3) is 3.74. The fourth-order valence-corrected chi connectivity index (χ4v) is 1.70. The number of aromatic nitrogens is 2. The van der Waals surface area contributed by atoms with Gasteiger partial charge in [-0.1, -0.05) is 17.7 Å². The molecule has 2 aromatic rings. The number of nitrogens with zero attached hydrogens (tertiary/aromatic N) is 2. The zero-order valence-electron chi connectivity index (χ0n) is 11.4. The molecule has 0 saturated heterocycles. The Morgan fingerprint density at radius 1 is 1.25 bits per heavy atom. The van der Waals surface area contributed by atoms with E-state index in [9.17, 15) is 0 Å². The number of hydrogen-bond acceptors (Lipinski definition) is 5. The van der Waals surface area contributed by atoms with E-state index in [2.05, 4.69) is 15.3 Å². The van der Waals surface area contributed by atoms with Gasteiger partial charge < -0.3 is 14.8 Å². The number of anilines is 1. The van der Waals surface area contributed by atoms with Crippen molar-refractivity contribution in [2.45, 2.75) is 13.8 Å². The second kappa shape index (κ2) is 6.96. The van der Waals surface area contributed by atoms with Crippen molar-refractivity contribution in [3.05, 3.63) is 35.5 Å². The first kappa shape index (κ1) is 14.4. The van der Waals surface area contributed by atoms with Crippen molar-refractivity contribution in [3.63, 3.8) is 0 Å². The predicted octanol–water partition coefficient (Wildman–Crippen LogP) is 3.75. The SMILES string of the molecule is CCNc1ncc(Cl)c(Oc2cccc(OCC)c2)n1. The highest BCUT2D eigenvalue weighted by Gasteiger charge is 2.08. The Bertz CT molecular complexity index is 578. The normalized spacial score (nSPS) is 10.2. The van der Waals surface area contributed by atoms with Gasteiger partial charge in [-0.2, -0.15) is 4.98 Å². The molecule has 0 aliphatic carbocycles. The maximum atomic E-state index is 6.04. The van der Waals surface area contributed by atoms with Crippen LogP contribution in [0.25, 0.3) is 0 Å². The average Bonchev–Trinajstić information content (AvgIpc) is 2.44. The molecule has 0 atom stereocenters. The second-order valence-electron chi connectivity index (χ2n) is 3.89. The van der Waals surface area contributed by atoms with Crippen LogP contribution in [-0.2, 0) is 0 Å². The van der Waals surface area contributed by atoms with Gasteiger partial charge in [0.2, 0.25) is 11.8 Å². The third-order valence-electron chi connectivity index (χ3n) is 2.38. The van der Waals surface area contributed by atoms with Crippen molar-refractivity contribution in [2.75, 3.05) is 18.5 Å². The highest BCUT2D eigenvalue weighted by Crippen LogP contribution is 2.29. The van der Waals surface area contributed by atoms with Crippen LogP contribution in [0.15, 0.2) is 30.5 Å². The van der Waals surface area contributed by atoms with Crippen LogP contribution in [0.5, 0.6) is 17.4 Å². The van der Waals surface area contributed by atoms with Crippen LogP contribution < -0.4 is 14.8 Å². The second-order valence-corrected chi connectivity index (χ2v) is 4.29. The summed E-state index contributed by atoms with van der Waals surface area (Å²) in [6.45, 7) is 5.21. The minimum absolute atomic E-state index is 0.311. The lowest BCUT2D eigenvalue weighted by Crippen LogP contribution is -2.03. The Morgan fingerprint density at radius 3 is 2.80 bits per heavy atom. The molecule has 6 heteroatoms. The maximum Gasteiger partial charge on any atom is 0.243 e. The monoisotopic (exact) mass is 293 g/mol. The van der Waals surface area contributed by atoms with Crippen molar-refractivity contribution in [2.24, 2.45) is 0 Å². The summed E-state index contributed by atoms with van der Waals surface area (Å²) in [5, 5.41) is 3.36. The standard InChI is InChI=1S/C14H16ClN3O2/c1-3-16-14-17-9-12(15)13(18-14)20-11-7-5-6-10(8-11)19-4-2/h5-9H,3-4H2,1-2H3,(H,16,17,18). The average molecular weight is 294 g/mol. The van der Waals surface area contributed by atoms with Crippen LogP contribution in [0.1, 0.15) is 13.8 Å². The molecule has 106 valence electrons. The first-order chi connectivity index (χ1) is 9.72. The van der Waals surface area contributed by atoms with Crippen molar-refractivity contribution >= 4 is 17.5 Å². The minimum Gasteiger partial charge on any atom is -0.494 e. The van der Waals surface area contributed by atoms with Gasteiger partial charge in [0, 0.05) is 12.6 Å². The molecule has 0 aliphatic rings. The fraction of sp³-hybridized carbons (Fsp3) is 0.286. The van der Waals surface area contributed by atoms with Gasteiger partial charge in [0.15, 0.2) is 0 Å². The zero-order chi connectivity index (χ0) is 14.4. The van der Waals surface area contributed by atoms with Gasteiger partial charge in [0.25, 0.3) is 0 Å². The molecule has 0 amide bonds. The molecule has 2 rings (SSSR count). The Morgan fingerprint density at radius 2 is 2.05 bits per heavy atom. The summed E-state index contributed by atoms with van der Waals surface area (Å²) >= 11 is 6.04. The lowest BCUT2D eigenvalue weighted by molar-refractivity contribution is 0.338. The molecule has 0 radical (unpaired) electrons. The molecule has 0 unspecified atom stereocenters. The number of hydrogen-bond donors (Lipinski definition) is 1. The van der Waals surface area contributed by atoms with Gasteiger partial charge in [-0.25, -0.2) is 4.98 Å². The molecule has 0 aliphatic heterocycles. The minimum atomic E-state index is 0.311. The number of halogens is 1. The summed E-state index contributed by atoms with van der Waals surface area (Å²) in [6, 6.07) is 7.31. The predicted molar refractivity (Wildman–Crippen MR) is 78.9 cm³/mol. The van der Waals surface area contributed by atoms with Crippen LogP contribution in [0.3, 0.4) is 0 Å². The molecule has 1 aromatic carbocycles. The summed E-state index contributed by atoms with van der Waals surface area (Å²) in [7, 11) is 0. The third-order valence-corrected chi connectivity index (χ3v) is 2.64. The van der Waals surface area contributed by atoms with E-state index in [0.717, 1.165) is 12.3 Å². The molecule has 0 fully saturated rings. The molecule has 20 heavy (non-hydrogen) atoms. The Labute approximate surface area is 122 Å². The lowest BCUT2D eigenvalue weighted by Gasteiger charge is -2.09. The number of nitrogens with one attached hydrogen (secondary N) is 1. The van der Waals surface area contributed by atoms with Crippen LogP contribution in [0.4, 0.5) is 5.95 Å². The van der Waals surface area contributed by atoms with E-state index in [1.54, 1.807) is 6.07 Å². The topological polar surface area (TPSA) is 56.3 Å². The molecule has 0 bridgehead atoms. The Balaban J connectivity index is 2.20. The van der Waals surface area contributed by atoms with E-state index in [0.29, 0.717) is 29.2 Å². The van der Waals surface area contributed by atoms with E-state index in [-0.39, 0.29) is 0 Å². The summed E-state index contributed by atoms with van der Waals surface area (Å²) in [6.07, 6.45) is 1.51. The molecule has 1 aromatic heterocycles. The van der Waals surface area contributed by atoms with Gasteiger partial charge >= 0.3 is 0 Å². The number of ether oxygens (including phenoxy) is 2. The van der Waals surface area contributed by atoms with Crippen LogP contribution >= 0.6 is 11.6 Å². The first-order valence-electron chi connectivity index (χ1n) is 6.40. The van der Waals surface area contributed by atoms with E-state index in [1.807, 2.05) is 32.0 Å². The van der Waals surface area contributed by atoms with Crippen molar-refractivity contribution in [1.82, 2.24) is 9.97 Å². The number of benzene rings is 1. The molecule has 0 spiro atoms. The summed E-state index contributed by atoms with van der Waals surface area (Å²) < 4.78 is 11.1. The fourth-order valence-electron chi connectivity index (χ4n) is 1.57. The van der Waals surface area contributed by atoms with Gasteiger partial charge in [-0.3, -0.25) is 0 Å². The van der Waals surface area contributed by atoms with Crippen LogP contribution in [0.2, 0.25) is 5.02 Å².